The monoisotopic (exact) mass is 388 g/mol. The topological polar surface area (TPSA) is 67.9 Å². The van der Waals surface area contributed by atoms with Gasteiger partial charge in [-0.2, -0.15) is 0 Å². The summed E-state index contributed by atoms with van der Waals surface area (Å²) in [5.41, 5.74) is 2.10. The highest BCUT2D eigenvalue weighted by Crippen LogP contribution is 2.37. The van der Waals surface area contributed by atoms with Gasteiger partial charge in [0.25, 0.3) is 0 Å². The Balaban J connectivity index is 1.74. The molecule has 6 nitrogen and oxygen atoms in total. The molecule has 2 heterocycles. The highest BCUT2D eigenvalue weighted by atomic mass is 32.1. The third-order valence-corrected chi connectivity index (χ3v) is 5.57. The molecule has 0 unspecified atom stereocenters. The number of nitrogens with zero attached hydrogens (tertiary/aromatic N) is 1. The lowest BCUT2D eigenvalue weighted by molar-refractivity contribution is -0.117. The van der Waals surface area contributed by atoms with Crippen molar-refractivity contribution < 1.29 is 19.1 Å². The van der Waals surface area contributed by atoms with Crippen LogP contribution in [0.3, 0.4) is 0 Å². The zero-order chi connectivity index (χ0) is 19.6. The lowest BCUT2D eigenvalue weighted by Gasteiger charge is -2.25. The number of benzene rings is 1. The third kappa shape index (κ3) is 4.48. The second-order valence-electron chi connectivity index (χ2n) is 6.88. The average molecular weight is 388 g/mol. The number of carbonyl (C=O) groups is 2. The van der Waals surface area contributed by atoms with Crippen LogP contribution in [-0.2, 0) is 11.3 Å². The summed E-state index contributed by atoms with van der Waals surface area (Å²) in [6, 6.07) is 5.57. The molecule has 144 valence electrons. The average Bonchev–Trinajstić information content (AvgIpc) is 3.21. The summed E-state index contributed by atoms with van der Waals surface area (Å²) >= 11 is 1.70. The smallest absolute Gasteiger partial charge is 0.238 e. The van der Waals surface area contributed by atoms with Crippen LogP contribution in [0, 0.1) is 6.92 Å². The van der Waals surface area contributed by atoms with Gasteiger partial charge in [0.05, 0.1) is 12.2 Å². The molecule has 0 aliphatic carbocycles. The summed E-state index contributed by atoms with van der Waals surface area (Å²) in [4.78, 5) is 28.0. The summed E-state index contributed by atoms with van der Waals surface area (Å²) in [7, 11) is 0. The van der Waals surface area contributed by atoms with E-state index in [1.807, 2.05) is 0 Å². The van der Waals surface area contributed by atoms with Crippen LogP contribution in [0.4, 0.5) is 5.69 Å². The third-order valence-electron chi connectivity index (χ3n) is 4.56. The van der Waals surface area contributed by atoms with E-state index in [-0.39, 0.29) is 31.1 Å². The Morgan fingerprint density at radius 3 is 2.56 bits per heavy atom. The minimum Gasteiger partial charge on any atom is -0.454 e. The minimum atomic E-state index is -0.167. The van der Waals surface area contributed by atoms with Crippen molar-refractivity contribution in [3.8, 4) is 11.5 Å². The number of amides is 1. The number of thiophene rings is 1. The highest BCUT2D eigenvalue weighted by molar-refractivity contribution is 7.10. The first kappa shape index (κ1) is 19.4. The van der Waals surface area contributed by atoms with E-state index in [0.29, 0.717) is 22.7 Å². The molecule has 0 saturated heterocycles. The number of ketones is 1. The molecule has 0 radical (unpaired) electrons. The Morgan fingerprint density at radius 1 is 1.26 bits per heavy atom. The van der Waals surface area contributed by atoms with E-state index >= 15 is 0 Å². The number of Topliss-reactive ketones (excluding diaryl/α,β-unsaturated/α-hetero) is 1. The molecular formula is C20H24N2O4S. The predicted octanol–water partition coefficient (Wildman–Crippen LogP) is 3.84. The zero-order valence-corrected chi connectivity index (χ0v) is 16.8. The maximum Gasteiger partial charge on any atom is 0.238 e. The van der Waals surface area contributed by atoms with Crippen LogP contribution in [0.5, 0.6) is 11.5 Å². The molecular weight excluding hydrogens is 364 g/mol. The van der Waals surface area contributed by atoms with Crippen molar-refractivity contribution in [2.45, 2.75) is 40.3 Å². The number of hydrogen-bond donors (Lipinski definition) is 1. The number of fused-ring (bicyclic) bond motifs is 1. The number of hydrogen-bond acceptors (Lipinski definition) is 6. The number of anilines is 1. The van der Waals surface area contributed by atoms with Gasteiger partial charge in [-0.05, 0) is 50.8 Å². The highest BCUT2D eigenvalue weighted by Gasteiger charge is 2.22. The molecule has 0 spiro atoms. The fourth-order valence-corrected chi connectivity index (χ4v) is 3.81. The maximum atomic E-state index is 12.7. The van der Waals surface area contributed by atoms with Crippen molar-refractivity contribution in [2.75, 3.05) is 18.7 Å². The zero-order valence-electron chi connectivity index (χ0n) is 16.0. The molecule has 7 heteroatoms. The van der Waals surface area contributed by atoms with Gasteiger partial charge >= 0.3 is 0 Å². The SMILES string of the molecule is CC(=O)c1cc2c(cc1NC(=O)CN(Cc1sccc1C)C(C)C)OCO2. The van der Waals surface area contributed by atoms with E-state index in [9.17, 15) is 9.59 Å². The standard InChI is InChI=1S/C20H24N2O4S/c1-12(2)22(9-19-13(3)5-6-27-19)10-20(24)21-16-8-18-17(25-11-26-18)7-15(16)14(4)23/h5-8,12H,9-11H2,1-4H3,(H,21,24). The largest absolute Gasteiger partial charge is 0.454 e. The molecule has 1 aromatic carbocycles. The van der Waals surface area contributed by atoms with E-state index in [1.165, 1.54) is 17.4 Å². The predicted molar refractivity (Wildman–Crippen MR) is 106 cm³/mol. The van der Waals surface area contributed by atoms with Gasteiger partial charge < -0.3 is 14.8 Å². The van der Waals surface area contributed by atoms with Crippen LogP contribution < -0.4 is 14.8 Å². The van der Waals surface area contributed by atoms with E-state index in [2.05, 4.69) is 42.4 Å². The fourth-order valence-electron chi connectivity index (χ4n) is 2.88. The van der Waals surface area contributed by atoms with Crippen molar-refractivity contribution in [2.24, 2.45) is 0 Å². The van der Waals surface area contributed by atoms with Gasteiger partial charge in [0.2, 0.25) is 12.7 Å². The van der Waals surface area contributed by atoms with E-state index in [4.69, 9.17) is 9.47 Å². The minimum absolute atomic E-state index is 0.116. The van der Waals surface area contributed by atoms with Gasteiger partial charge in [-0.25, -0.2) is 0 Å². The van der Waals surface area contributed by atoms with Crippen molar-refractivity contribution in [1.82, 2.24) is 4.90 Å². The molecule has 0 fully saturated rings. The van der Waals surface area contributed by atoms with Crippen molar-refractivity contribution in [3.63, 3.8) is 0 Å². The number of rotatable bonds is 7. The molecule has 27 heavy (non-hydrogen) atoms. The van der Waals surface area contributed by atoms with Gasteiger partial charge in [-0.1, -0.05) is 0 Å². The van der Waals surface area contributed by atoms with Crippen molar-refractivity contribution >= 4 is 28.7 Å². The fraction of sp³-hybridized carbons (Fsp3) is 0.400. The Kier molecular flexibility index (Phi) is 5.82. The summed E-state index contributed by atoms with van der Waals surface area (Å²) in [5.74, 6) is 0.748. The molecule has 0 bridgehead atoms. The van der Waals surface area contributed by atoms with Crippen molar-refractivity contribution in [3.05, 3.63) is 39.6 Å². The molecule has 2 aromatic rings. The summed E-state index contributed by atoms with van der Waals surface area (Å²) in [6.07, 6.45) is 0. The Labute approximate surface area is 163 Å². The molecule has 0 saturated carbocycles. The first-order chi connectivity index (χ1) is 12.8. The summed E-state index contributed by atoms with van der Waals surface area (Å²) < 4.78 is 10.7. The maximum absolute atomic E-state index is 12.7. The van der Waals surface area contributed by atoms with E-state index in [0.717, 1.165) is 6.54 Å². The number of nitrogens with one attached hydrogen (secondary N) is 1. The number of ether oxygens (including phenoxy) is 2. The first-order valence-electron chi connectivity index (χ1n) is 8.86. The summed E-state index contributed by atoms with van der Waals surface area (Å²) in [5, 5.41) is 4.93. The normalized spacial score (nSPS) is 12.7. The Bertz CT molecular complexity index is 860. The van der Waals surface area contributed by atoms with Crippen LogP contribution >= 0.6 is 11.3 Å². The Morgan fingerprint density at radius 2 is 1.96 bits per heavy atom. The van der Waals surface area contributed by atoms with Crippen molar-refractivity contribution in [1.29, 1.82) is 0 Å². The molecule has 1 aliphatic heterocycles. The second-order valence-corrected chi connectivity index (χ2v) is 7.88. The lowest BCUT2D eigenvalue weighted by Crippen LogP contribution is -2.37. The van der Waals surface area contributed by atoms with Gasteiger partial charge in [0, 0.05) is 29.1 Å². The van der Waals surface area contributed by atoms with Crippen LogP contribution in [0.25, 0.3) is 0 Å². The van der Waals surface area contributed by atoms with Gasteiger partial charge in [-0.15, -0.1) is 11.3 Å². The second kappa shape index (κ2) is 8.10. The molecule has 1 N–H and O–H groups in total. The van der Waals surface area contributed by atoms with Gasteiger partial charge in [0.1, 0.15) is 0 Å². The van der Waals surface area contributed by atoms with Crippen LogP contribution in [0.1, 0.15) is 41.6 Å². The Hall–Kier alpha value is -2.38. The van der Waals surface area contributed by atoms with E-state index < -0.39 is 0 Å². The van der Waals surface area contributed by atoms with Gasteiger partial charge in [0.15, 0.2) is 17.3 Å². The molecule has 3 rings (SSSR count). The quantitative estimate of drug-likeness (QED) is 0.730. The molecule has 1 amide bonds. The molecule has 1 aromatic heterocycles. The lowest BCUT2D eigenvalue weighted by atomic mass is 10.1. The van der Waals surface area contributed by atoms with Gasteiger partial charge in [-0.3, -0.25) is 14.5 Å². The first-order valence-corrected chi connectivity index (χ1v) is 9.74. The van der Waals surface area contributed by atoms with Crippen LogP contribution in [0.15, 0.2) is 23.6 Å². The van der Waals surface area contributed by atoms with Crippen LogP contribution in [0.2, 0.25) is 0 Å². The molecule has 0 atom stereocenters. The molecule has 1 aliphatic rings. The van der Waals surface area contributed by atoms with Crippen LogP contribution in [-0.4, -0.2) is 36.0 Å². The number of aryl methyl sites for hydroxylation is 1. The summed E-state index contributed by atoms with van der Waals surface area (Å²) in [6.45, 7) is 8.75. The number of carbonyl (C=O) groups excluding carboxylic acids is 2. The van der Waals surface area contributed by atoms with E-state index in [1.54, 1.807) is 23.5 Å².